The van der Waals surface area contributed by atoms with Gasteiger partial charge >= 0.3 is 0 Å². The Morgan fingerprint density at radius 2 is 1.95 bits per heavy atom. The molecule has 1 aliphatic heterocycles. The van der Waals surface area contributed by atoms with Gasteiger partial charge in [0.25, 0.3) is 0 Å². The molecule has 20 heavy (non-hydrogen) atoms. The fraction of sp³-hybridized carbons (Fsp3) is 0.867. The molecule has 5 nitrogen and oxygen atoms in total. The average Bonchev–Trinajstić information content (AvgIpc) is 2.65. The Morgan fingerprint density at radius 3 is 2.40 bits per heavy atom. The molecule has 0 bridgehead atoms. The number of nitrogens with one attached hydrogen (secondary N) is 1. The van der Waals surface area contributed by atoms with E-state index in [4.69, 9.17) is 0 Å². The number of rotatable bonds is 4. The molecule has 114 valence electrons. The highest BCUT2D eigenvalue weighted by Gasteiger charge is 2.39. The Hall–Kier alpha value is -1.28. The second kappa shape index (κ2) is 6.01. The van der Waals surface area contributed by atoms with Gasteiger partial charge in [0.05, 0.1) is 5.60 Å². The number of likely N-dealkylation sites (tertiary alicyclic amines) is 1. The van der Waals surface area contributed by atoms with Crippen LogP contribution in [0.2, 0.25) is 0 Å². The molecule has 2 atom stereocenters. The Kier molecular flexibility index (Phi) is 5.04. The SMILES string of the molecule is CC(C)(C)CC1CCC(C(=O)NCC(C)(C)O)N1C#N. The van der Waals surface area contributed by atoms with E-state index in [0.717, 1.165) is 12.8 Å². The van der Waals surface area contributed by atoms with Gasteiger partial charge in [0.2, 0.25) is 5.91 Å². The average molecular weight is 281 g/mol. The van der Waals surface area contributed by atoms with Crippen LogP contribution in [-0.4, -0.2) is 40.1 Å². The summed E-state index contributed by atoms with van der Waals surface area (Å²) in [7, 11) is 0. The van der Waals surface area contributed by atoms with Crippen LogP contribution in [0, 0.1) is 16.9 Å². The van der Waals surface area contributed by atoms with Gasteiger partial charge in [0.15, 0.2) is 6.19 Å². The van der Waals surface area contributed by atoms with Crippen molar-refractivity contribution < 1.29 is 9.90 Å². The lowest BCUT2D eigenvalue weighted by Crippen LogP contribution is -2.47. The van der Waals surface area contributed by atoms with Crippen LogP contribution in [0.25, 0.3) is 0 Å². The number of nitrogens with zero attached hydrogens (tertiary/aromatic N) is 2. The van der Waals surface area contributed by atoms with Gasteiger partial charge in [0.1, 0.15) is 6.04 Å². The molecule has 1 heterocycles. The summed E-state index contributed by atoms with van der Waals surface area (Å²) in [6.07, 6.45) is 4.64. The van der Waals surface area contributed by atoms with E-state index in [9.17, 15) is 15.2 Å². The van der Waals surface area contributed by atoms with Gasteiger partial charge in [-0.25, -0.2) is 0 Å². The maximum atomic E-state index is 12.2. The second-order valence-corrected chi connectivity index (χ2v) is 7.55. The molecule has 1 rings (SSSR count). The summed E-state index contributed by atoms with van der Waals surface area (Å²) in [5.41, 5.74) is -0.797. The summed E-state index contributed by atoms with van der Waals surface area (Å²) in [6.45, 7) is 9.92. The molecular weight excluding hydrogens is 254 g/mol. The first-order valence-corrected chi connectivity index (χ1v) is 7.22. The highest BCUT2D eigenvalue weighted by atomic mass is 16.3. The van der Waals surface area contributed by atoms with Gasteiger partial charge in [-0.05, 0) is 38.5 Å². The molecule has 0 aromatic rings. The van der Waals surface area contributed by atoms with Gasteiger partial charge in [-0.1, -0.05) is 20.8 Å². The second-order valence-electron chi connectivity index (χ2n) is 7.55. The summed E-state index contributed by atoms with van der Waals surface area (Å²) in [5.74, 6) is -0.162. The highest BCUT2D eigenvalue weighted by molar-refractivity contribution is 5.82. The predicted octanol–water partition coefficient (Wildman–Crippen LogP) is 1.62. The lowest BCUT2D eigenvalue weighted by Gasteiger charge is -2.29. The number of carbonyl (C=O) groups is 1. The summed E-state index contributed by atoms with van der Waals surface area (Å²) >= 11 is 0. The van der Waals surface area contributed by atoms with E-state index in [-0.39, 0.29) is 23.9 Å². The van der Waals surface area contributed by atoms with Gasteiger partial charge < -0.3 is 10.4 Å². The maximum absolute atomic E-state index is 12.2. The van der Waals surface area contributed by atoms with Crippen molar-refractivity contribution in [2.45, 2.75) is 71.6 Å². The molecule has 1 fully saturated rings. The number of hydrogen-bond acceptors (Lipinski definition) is 4. The van der Waals surface area contributed by atoms with E-state index >= 15 is 0 Å². The zero-order chi connectivity index (χ0) is 15.6. The molecule has 1 saturated heterocycles. The van der Waals surface area contributed by atoms with Crippen molar-refractivity contribution in [3.8, 4) is 6.19 Å². The van der Waals surface area contributed by atoms with E-state index in [2.05, 4.69) is 32.3 Å². The number of nitriles is 1. The van der Waals surface area contributed by atoms with Crippen LogP contribution in [-0.2, 0) is 4.79 Å². The minimum absolute atomic E-state index is 0.137. The largest absolute Gasteiger partial charge is 0.389 e. The molecule has 2 unspecified atom stereocenters. The fourth-order valence-electron chi connectivity index (χ4n) is 2.62. The third-order valence-corrected chi connectivity index (χ3v) is 3.46. The molecule has 1 amide bonds. The van der Waals surface area contributed by atoms with E-state index in [0.29, 0.717) is 6.42 Å². The van der Waals surface area contributed by atoms with Crippen molar-refractivity contribution in [2.75, 3.05) is 6.54 Å². The Balaban J connectivity index is 2.64. The fourth-order valence-corrected chi connectivity index (χ4v) is 2.62. The Bertz CT molecular complexity index is 387. The van der Waals surface area contributed by atoms with E-state index in [1.165, 1.54) is 0 Å². The van der Waals surface area contributed by atoms with E-state index in [1.54, 1.807) is 18.7 Å². The van der Waals surface area contributed by atoms with E-state index < -0.39 is 11.6 Å². The van der Waals surface area contributed by atoms with Gasteiger partial charge in [-0.15, -0.1) is 0 Å². The van der Waals surface area contributed by atoms with Gasteiger partial charge in [-0.3, -0.25) is 9.69 Å². The minimum atomic E-state index is -0.934. The molecule has 0 spiro atoms. The van der Waals surface area contributed by atoms with E-state index in [1.807, 2.05) is 0 Å². The Labute approximate surface area is 122 Å². The molecule has 2 N–H and O–H groups in total. The van der Waals surface area contributed by atoms with Crippen molar-refractivity contribution in [3.05, 3.63) is 0 Å². The minimum Gasteiger partial charge on any atom is -0.389 e. The van der Waals surface area contributed by atoms with Crippen LogP contribution in [0.5, 0.6) is 0 Å². The number of hydrogen-bond donors (Lipinski definition) is 2. The molecule has 0 aliphatic carbocycles. The summed E-state index contributed by atoms with van der Waals surface area (Å²) in [6, 6.07) is -0.257. The maximum Gasteiger partial charge on any atom is 0.243 e. The van der Waals surface area contributed by atoms with Crippen LogP contribution in [0.15, 0.2) is 0 Å². The van der Waals surface area contributed by atoms with Crippen molar-refractivity contribution in [1.29, 1.82) is 5.26 Å². The molecule has 0 radical (unpaired) electrons. The van der Waals surface area contributed by atoms with Crippen LogP contribution >= 0.6 is 0 Å². The van der Waals surface area contributed by atoms with Crippen molar-refractivity contribution in [3.63, 3.8) is 0 Å². The van der Waals surface area contributed by atoms with Crippen LogP contribution in [0.3, 0.4) is 0 Å². The normalized spacial score (nSPS) is 23.6. The molecule has 0 aromatic heterocycles. The van der Waals surface area contributed by atoms with Crippen LogP contribution < -0.4 is 5.32 Å². The monoisotopic (exact) mass is 281 g/mol. The quantitative estimate of drug-likeness (QED) is 0.768. The standard InChI is InChI=1S/C15H27N3O2/c1-14(2,3)8-11-6-7-12(18(11)10-16)13(19)17-9-15(4,5)20/h11-12,20H,6-9H2,1-5H3,(H,17,19). The van der Waals surface area contributed by atoms with Crippen LogP contribution in [0.1, 0.15) is 53.9 Å². The predicted molar refractivity (Wildman–Crippen MR) is 77.6 cm³/mol. The smallest absolute Gasteiger partial charge is 0.243 e. The molecule has 1 aliphatic rings. The topological polar surface area (TPSA) is 76.4 Å². The number of amides is 1. The first-order valence-electron chi connectivity index (χ1n) is 7.22. The third kappa shape index (κ3) is 5.01. The first kappa shape index (κ1) is 16.8. The molecule has 0 saturated carbocycles. The molecule has 0 aromatic carbocycles. The zero-order valence-corrected chi connectivity index (χ0v) is 13.2. The van der Waals surface area contributed by atoms with Crippen molar-refractivity contribution in [2.24, 2.45) is 5.41 Å². The van der Waals surface area contributed by atoms with Crippen LogP contribution in [0.4, 0.5) is 0 Å². The van der Waals surface area contributed by atoms with Gasteiger partial charge in [-0.2, -0.15) is 5.26 Å². The first-order chi connectivity index (χ1) is 9.03. The Morgan fingerprint density at radius 1 is 1.35 bits per heavy atom. The summed E-state index contributed by atoms with van der Waals surface area (Å²) in [4.78, 5) is 13.8. The third-order valence-electron chi connectivity index (χ3n) is 3.46. The summed E-state index contributed by atoms with van der Waals surface area (Å²) in [5, 5.41) is 21.7. The lowest BCUT2D eigenvalue weighted by atomic mass is 9.87. The molecule has 5 heteroatoms. The van der Waals surface area contributed by atoms with Gasteiger partial charge in [0, 0.05) is 12.6 Å². The van der Waals surface area contributed by atoms with Crippen molar-refractivity contribution in [1.82, 2.24) is 10.2 Å². The van der Waals surface area contributed by atoms with Crippen molar-refractivity contribution >= 4 is 5.91 Å². The molecular formula is C15H27N3O2. The lowest BCUT2D eigenvalue weighted by molar-refractivity contribution is -0.126. The number of aliphatic hydroxyl groups is 1. The highest BCUT2D eigenvalue weighted by Crippen LogP contribution is 2.32. The zero-order valence-electron chi connectivity index (χ0n) is 13.2. The summed E-state index contributed by atoms with van der Waals surface area (Å²) < 4.78 is 0. The number of carbonyl (C=O) groups excluding carboxylic acids is 1.